The number of rotatable bonds is 1. The van der Waals surface area contributed by atoms with Crippen LogP contribution in [-0.2, 0) is 0 Å². The standard InChI is InChI=1S/C13H18N2/c1-10-6-5-7-11(2)12(10)15-9-8-14-13(15,3)4/h5-9,14H,1-4H3. The van der Waals surface area contributed by atoms with Crippen LogP contribution in [0.5, 0.6) is 0 Å². The van der Waals surface area contributed by atoms with E-state index in [1.165, 1.54) is 16.8 Å². The summed E-state index contributed by atoms with van der Waals surface area (Å²) in [5.41, 5.74) is 3.91. The summed E-state index contributed by atoms with van der Waals surface area (Å²) in [5, 5.41) is 3.34. The highest BCUT2D eigenvalue weighted by Gasteiger charge is 2.29. The fourth-order valence-corrected chi connectivity index (χ4v) is 2.11. The van der Waals surface area contributed by atoms with E-state index in [1.807, 2.05) is 6.20 Å². The van der Waals surface area contributed by atoms with Gasteiger partial charge >= 0.3 is 0 Å². The Labute approximate surface area is 91.6 Å². The number of nitrogens with one attached hydrogen (secondary N) is 1. The van der Waals surface area contributed by atoms with Crippen LogP contribution in [0.15, 0.2) is 30.6 Å². The lowest BCUT2D eigenvalue weighted by atomic mass is 10.1. The average molecular weight is 202 g/mol. The van der Waals surface area contributed by atoms with Crippen LogP contribution < -0.4 is 10.2 Å². The van der Waals surface area contributed by atoms with Crippen molar-refractivity contribution in [1.82, 2.24) is 5.32 Å². The van der Waals surface area contributed by atoms with Crippen LogP contribution >= 0.6 is 0 Å². The summed E-state index contributed by atoms with van der Waals surface area (Å²) in [6, 6.07) is 6.42. The van der Waals surface area contributed by atoms with E-state index >= 15 is 0 Å². The molecule has 0 atom stereocenters. The first-order valence-corrected chi connectivity index (χ1v) is 5.32. The number of hydrogen-bond acceptors (Lipinski definition) is 2. The number of benzene rings is 1. The number of anilines is 1. The molecule has 0 saturated carbocycles. The highest BCUT2D eigenvalue weighted by Crippen LogP contribution is 2.31. The molecule has 0 saturated heterocycles. The van der Waals surface area contributed by atoms with Crippen molar-refractivity contribution < 1.29 is 0 Å². The number of para-hydroxylation sites is 1. The highest BCUT2D eigenvalue weighted by molar-refractivity contribution is 5.63. The molecule has 1 aliphatic heterocycles. The molecule has 2 heteroatoms. The molecule has 80 valence electrons. The Morgan fingerprint density at radius 3 is 2.20 bits per heavy atom. The zero-order chi connectivity index (χ0) is 11.1. The molecule has 1 aromatic rings. The van der Waals surface area contributed by atoms with Crippen LogP contribution in [0.3, 0.4) is 0 Å². The van der Waals surface area contributed by atoms with Crippen LogP contribution in [0.1, 0.15) is 25.0 Å². The van der Waals surface area contributed by atoms with Crippen molar-refractivity contribution in [2.45, 2.75) is 33.4 Å². The van der Waals surface area contributed by atoms with Gasteiger partial charge < -0.3 is 10.2 Å². The fourth-order valence-electron chi connectivity index (χ4n) is 2.11. The van der Waals surface area contributed by atoms with E-state index in [-0.39, 0.29) is 5.66 Å². The minimum absolute atomic E-state index is 0.0309. The van der Waals surface area contributed by atoms with E-state index < -0.39 is 0 Å². The van der Waals surface area contributed by atoms with Gasteiger partial charge in [0, 0.05) is 18.1 Å². The maximum Gasteiger partial charge on any atom is 0.108 e. The molecular weight excluding hydrogens is 184 g/mol. The van der Waals surface area contributed by atoms with E-state index in [2.05, 4.69) is 62.3 Å². The molecule has 1 heterocycles. The van der Waals surface area contributed by atoms with Crippen LogP contribution in [0.2, 0.25) is 0 Å². The second-order valence-electron chi connectivity index (χ2n) is 4.63. The zero-order valence-corrected chi connectivity index (χ0v) is 9.83. The van der Waals surface area contributed by atoms with E-state index in [1.54, 1.807) is 0 Å². The van der Waals surface area contributed by atoms with E-state index in [0.717, 1.165) is 0 Å². The summed E-state index contributed by atoms with van der Waals surface area (Å²) in [4.78, 5) is 2.29. The second kappa shape index (κ2) is 3.30. The Morgan fingerprint density at radius 2 is 1.73 bits per heavy atom. The third-order valence-electron chi connectivity index (χ3n) is 2.94. The summed E-state index contributed by atoms with van der Waals surface area (Å²) in [7, 11) is 0. The molecule has 0 unspecified atom stereocenters. The first kappa shape index (κ1) is 10.1. The second-order valence-corrected chi connectivity index (χ2v) is 4.63. The number of hydrogen-bond donors (Lipinski definition) is 1. The van der Waals surface area contributed by atoms with Gasteiger partial charge in [-0.25, -0.2) is 0 Å². The van der Waals surface area contributed by atoms with Crippen LogP contribution in [0, 0.1) is 13.8 Å². The summed E-state index contributed by atoms with van der Waals surface area (Å²) in [6.07, 6.45) is 4.11. The van der Waals surface area contributed by atoms with Gasteiger partial charge in [-0.2, -0.15) is 0 Å². The normalized spacial score (nSPS) is 18.0. The van der Waals surface area contributed by atoms with E-state index in [4.69, 9.17) is 0 Å². The summed E-state index contributed by atoms with van der Waals surface area (Å²) >= 11 is 0. The van der Waals surface area contributed by atoms with Crippen molar-refractivity contribution in [3.05, 3.63) is 41.7 Å². The SMILES string of the molecule is Cc1cccc(C)c1N1C=CNC1(C)C. The number of nitrogens with zero attached hydrogens (tertiary/aromatic N) is 1. The van der Waals surface area contributed by atoms with E-state index in [0.29, 0.717) is 0 Å². The largest absolute Gasteiger partial charge is 0.368 e. The first-order chi connectivity index (χ1) is 7.02. The molecule has 0 radical (unpaired) electrons. The van der Waals surface area contributed by atoms with Crippen LogP contribution in [0.25, 0.3) is 0 Å². The summed E-state index contributed by atoms with van der Waals surface area (Å²) < 4.78 is 0. The van der Waals surface area contributed by atoms with Crippen molar-refractivity contribution in [3.8, 4) is 0 Å². The monoisotopic (exact) mass is 202 g/mol. The van der Waals surface area contributed by atoms with E-state index in [9.17, 15) is 0 Å². The smallest absolute Gasteiger partial charge is 0.108 e. The van der Waals surface area contributed by atoms with Crippen molar-refractivity contribution in [2.24, 2.45) is 0 Å². The number of aryl methyl sites for hydroxylation is 2. The third-order valence-corrected chi connectivity index (χ3v) is 2.94. The summed E-state index contributed by atoms with van der Waals surface area (Å²) in [6.45, 7) is 8.67. The maximum atomic E-state index is 3.34. The molecule has 0 fully saturated rings. The Kier molecular flexibility index (Phi) is 2.22. The van der Waals surface area contributed by atoms with Gasteiger partial charge in [-0.15, -0.1) is 0 Å². The van der Waals surface area contributed by atoms with Gasteiger partial charge in [-0.05, 0) is 38.8 Å². The van der Waals surface area contributed by atoms with Gasteiger partial charge in [-0.1, -0.05) is 18.2 Å². The summed E-state index contributed by atoms with van der Waals surface area (Å²) in [5.74, 6) is 0. The van der Waals surface area contributed by atoms with Gasteiger partial charge in [0.25, 0.3) is 0 Å². The van der Waals surface area contributed by atoms with Crippen molar-refractivity contribution in [3.63, 3.8) is 0 Å². The van der Waals surface area contributed by atoms with Gasteiger partial charge in [0.15, 0.2) is 0 Å². The predicted octanol–water partition coefficient (Wildman–Crippen LogP) is 2.92. The molecule has 15 heavy (non-hydrogen) atoms. The molecule has 1 N–H and O–H groups in total. The highest BCUT2D eigenvalue weighted by atomic mass is 15.3. The molecule has 0 aliphatic carbocycles. The molecule has 0 amide bonds. The molecular formula is C13H18N2. The zero-order valence-electron chi connectivity index (χ0n) is 9.83. The fraction of sp³-hybridized carbons (Fsp3) is 0.385. The molecule has 0 bridgehead atoms. The molecule has 1 aromatic carbocycles. The van der Waals surface area contributed by atoms with Crippen molar-refractivity contribution >= 4 is 5.69 Å². The quantitative estimate of drug-likeness (QED) is 0.753. The van der Waals surface area contributed by atoms with Gasteiger partial charge in [0.05, 0.1) is 0 Å². The minimum Gasteiger partial charge on any atom is -0.368 e. The third kappa shape index (κ3) is 1.60. The maximum absolute atomic E-state index is 3.34. The minimum atomic E-state index is -0.0309. The topological polar surface area (TPSA) is 15.3 Å². The Hall–Kier alpha value is -1.44. The lowest BCUT2D eigenvalue weighted by Crippen LogP contribution is -2.46. The Bertz CT molecular complexity index is 385. The molecule has 0 aromatic heterocycles. The van der Waals surface area contributed by atoms with Crippen molar-refractivity contribution in [1.29, 1.82) is 0 Å². The first-order valence-electron chi connectivity index (χ1n) is 5.32. The van der Waals surface area contributed by atoms with Gasteiger partial charge in [-0.3, -0.25) is 0 Å². The Morgan fingerprint density at radius 1 is 1.13 bits per heavy atom. The molecule has 2 nitrogen and oxygen atoms in total. The van der Waals surface area contributed by atoms with Crippen LogP contribution in [-0.4, -0.2) is 5.66 Å². The van der Waals surface area contributed by atoms with Gasteiger partial charge in [0.1, 0.15) is 5.66 Å². The molecule has 2 rings (SSSR count). The lowest BCUT2D eigenvalue weighted by molar-refractivity contribution is 0.475. The van der Waals surface area contributed by atoms with Crippen molar-refractivity contribution in [2.75, 3.05) is 4.90 Å². The van der Waals surface area contributed by atoms with Crippen LogP contribution in [0.4, 0.5) is 5.69 Å². The average Bonchev–Trinajstić information content (AvgIpc) is 2.46. The predicted molar refractivity (Wildman–Crippen MR) is 64.7 cm³/mol. The molecule has 0 spiro atoms. The Balaban J connectivity index is 2.50. The lowest BCUT2D eigenvalue weighted by Gasteiger charge is -2.35. The molecule has 1 aliphatic rings. The van der Waals surface area contributed by atoms with Gasteiger partial charge in [0.2, 0.25) is 0 Å².